The second-order valence-electron chi connectivity index (χ2n) is 25.5. The van der Waals surface area contributed by atoms with Gasteiger partial charge in [0.2, 0.25) is 47.6 Å². The van der Waals surface area contributed by atoms with Gasteiger partial charge >= 0.3 is 10.4 Å². The quantitative estimate of drug-likeness (QED) is 0.0108. The zero-order chi connectivity index (χ0) is 76.1. The van der Waals surface area contributed by atoms with Crippen LogP contribution in [0.25, 0.3) is 21.3 Å². The summed E-state index contributed by atoms with van der Waals surface area (Å²) in [5.41, 5.74) is 13.6. The molecule has 0 aliphatic carbocycles. The normalized spacial score (nSPS) is 26.8. The molecule has 104 heavy (non-hydrogen) atoms. The number of aliphatic hydroxyl groups is 7. The summed E-state index contributed by atoms with van der Waals surface area (Å²) in [4.78, 5) is 148. The van der Waals surface area contributed by atoms with Crippen molar-refractivity contribution in [3.05, 3.63) is 58.0 Å². The van der Waals surface area contributed by atoms with Gasteiger partial charge in [-0.05, 0) is 60.2 Å². The number of nitrogens with two attached hydrogens (primary N) is 1. The van der Waals surface area contributed by atoms with Crippen LogP contribution < -0.4 is 45.4 Å². The Labute approximate surface area is 598 Å². The summed E-state index contributed by atoms with van der Waals surface area (Å²) in [6.45, 7) is 1.66. The summed E-state index contributed by atoms with van der Waals surface area (Å²) in [6, 6.07) is 1.16. The Morgan fingerprint density at radius 3 is 2.19 bits per heavy atom. The number of ether oxygens (including phenoxy) is 5. The van der Waals surface area contributed by atoms with Crippen molar-refractivity contribution in [2.24, 2.45) is 40.4 Å². The maximum absolute atomic E-state index is 15.4. The van der Waals surface area contributed by atoms with Gasteiger partial charge in [-0.25, -0.2) is 0 Å². The highest BCUT2D eigenvalue weighted by molar-refractivity contribution is 7.85. The zero-order valence-corrected chi connectivity index (χ0v) is 58.8. The lowest BCUT2D eigenvalue weighted by atomic mass is 9.85. The molecule has 0 saturated carbocycles. The van der Waals surface area contributed by atoms with Crippen molar-refractivity contribution in [3.63, 3.8) is 0 Å². The Bertz CT molecular complexity index is 3760. The number of carbonyl (C=O) groups excluding carboxylic acids is 10. The summed E-state index contributed by atoms with van der Waals surface area (Å²) in [7, 11) is -8.09. The minimum Gasteiger partial charge on any atom is -0.458 e. The van der Waals surface area contributed by atoms with Gasteiger partial charge in [-0.15, -0.1) is 8.42 Å². The number of ketones is 3. The van der Waals surface area contributed by atoms with Crippen LogP contribution in [-0.4, -0.2) is 269 Å². The lowest BCUT2D eigenvalue weighted by Gasteiger charge is -2.39. The number of aromatic amines is 1. The Balaban J connectivity index is 1.29. The van der Waals surface area contributed by atoms with Crippen molar-refractivity contribution < 1.29 is 128 Å². The number of rotatable bonds is 28. The molecule has 2 fully saturated rings. The van der Waals surface area contributed by atoms with Gasteiger partial charge in [-0.3, -0.25) is 52.2 Å². The number of azide groups is 1. The highest BCUT2D eigenvalue weighted by atomic mass is 32.3. The van der Waals surface area contributed by atoms with Gasteiger partial charge in [0.15, 0.2) is 28.8 Å². The molecule has 16 atom stereocenters. The summed E-state index contributed by atoms with van der Waals surface area (Å²) < 4.78 is 82.3. The number of fused-ring (bicyclic) bond motifs is 5. The van der Waals surface area contributed by atoms with Crippen LogP contribution in [0.4, 0.5) is 0 Å². The van der Waals surface area contributed by atoms with E-state index in [1.165, 1.54) is 19.1 Å². The molecule has 5 heterocycles. The molecule has 15 N–H and O–H groups in total. The van der Waals surface area contributed by atoms with Gasteiger partial charge in [-0.2, -0.15) is 0 Å². The number of benzene rings is 2. The third-order valence-electron chi connectivity index (χ3n) is 18.1. The average molecular weight is 1510 g/mol. The van der Waals surface area contributed by atoms with Crippen molar-refractivity contribution >= 4 is 90.8 Å². The van der Waals surface area contributed by atoms with Crippen molar-refractivity contribution in [1.29, 1.82) is 0 Å². The van der Waals surface area contributed by atoms with Crippen molar-refractivity contribution in [2.75, 3.05) is 91.3 Å². The number of hydrogen-bond donors (Lipinski definition) is 14. The first kappa shape index (κ1) is 82.9. The Morgan fingerprint density at radius 1 is 0.817 bits per heavy atom. The maximum atomic E-state index is 15.4. The van der Waals surface area contributed by atoms with Crippen molar-refractivity contribution in [3.8, 4) is 17.2 Å². The van der Waals surface area contributed by atoms with Gasteiger partial charge < -0.3 is 110 Å². The summed E-state index contributed by atoms with van der Waals surface area (Å²) >= 11 is 0. The van der Waals surface area contributed by atoms with E-state index < -0.39 is 258 Å². The van der Waals surface area contributed by atoms with Crippen LogP contribution in [0.2, 0.25) is 0 Å². The first-order valence-corrected chi connectivity index (χ1v) is 36.2. The van der Waals surface area contributed by atoms with Crippen LogP contribution in [0.15, 0.2) is 46.5 Å². The second-order valence-corrected chi connectivity index (χ2v) is 28.1. The summed E-state index contributed by atoms with van der Waals surface area (Å²) in [5, 5.41) is 89.4. The van der Waals surface area contributed by atoms with E-state index in [0.717, 1.165) is 29.2 Å². The minimum atomic E-state index is -5.46. The van der Waals surface area contributed by atoms with E-state index in [9.17, 15) is 87.3 Å². The molecule has 4 aliphatic rings. The number of nitrogens with one attached hydrogen (secondary N) is 6. The van der Waals surface area contributed by atoms with E-state index in [1.54, 1.807) is 13.8 Å². The molecule has 4 aliphatic heterocycles. The van der Waals surface area contributed by atoms with Crippen LogP contribution >= 0.6 is 0 Å². The minimum absolute atomic E-state index is 0.0101. The van der Waals surface area contributed by atoms with Crippen LogP contribution in [0.3, 0.4) is 0 Å². The van der Waals surface area contributed by atoms with E-state index in [0.29, 0.717) is 6.42 Å². The number of aromatic nitrogens is 1. The molecule has 2 bridgehead atoms. The highest BCUT2D eigenvalue weighted by Crippen LogP contribution is 2.37. The monoisotopic (exact) mass is 1510 g/mol. The van der Waals surface area contributed by atoms with E-state index in [2.05, 4.69) is 41.6 Å². The fourth-order valence-electron chi connectivity index (χ4n) is 12.1. The molecule has 2 saturated heterocycles. The lowest BCUT2D eigenvalue weighted by Crippen LogP contribution is -2.60. The molecule has 38 nitrogen and oxygen atoms in total. The molecule has 1 aromatic heterocycles. The summed E-state index contributed by atoms with van der Waals surface area (Å²) in [6.07, 6.45) is -15.8. The lowest BCUT2D eigenvalue weighted by molar-refractivity contribution is -0.277. The molecule has 0 radical (unpaired) electrons. The van der Waals surface area contributed by atoms with Crippen molar-refractivity contribution in [1.82, 2.24) is 36.5 Å². The van der Waals surface area contributed by atoms with Crippen LogP contribution in [0.5, 0.6) is 17.2 Å². The molecule has 0 spiro atoms. The first-order chi connectivity index (χ1) is 49.5. The molecule has 7 amide bonds. The molecule has 2 aromatic carbocycles. The van der Waals surface area contributed by atoms with Gasteiger partial charge in [0, 0.05) is 92.1 Å². The zero-order valence-electron chi connectivity index (χ0n) is 57.2. The number of Topliss-reactive ketones (excluding diaryl/α,β-unsaturated/α-hetero) is 3. The largest absolute Gasteiger partial charge is 0.501 e. The number of hydrogen-bond acceptors (Lipinski definition) is 28. The first-order valence-electron chi connectivity index (χ1n) is 33.6. The standard InChI is InChI=1S/C64H89N11O27S2/c1-4-32(2)41-25-67-53(84)26-68-59(89)35-18-40-39-9-8-38(101-104(94,95)102-50-21-34(7-10-49(50)99-64-58(88)57(87)56(86)51(30-77)100-64)45(79)6-5-12-96-14-16-98-17-15-97-13-11-70-74-66)24-42(39)72-62(40)103(93)31-43(71-54(85)27-69-60(41)90)46(80)20-36(22-52(65)83)63(92)75-28-37(78)23-44(75)61(91)73-55(47(81)19-35)33(3)48(82)29-76/h7-10,21,24,32-33,35-37,41,43-44,48,51,55-58,64,72,76-78,82,86-88H,4-6,11-20,22-23,25-31H2,1-3H3,(H2,65,83)(H,67,84)(H,68,89)(H,69,90)(H,71,85)(H,73,91)/t32-,33-,35+,36-,37+,41-,43-,44-,48-,51+,55-,56-,57-,58+,64+,103?/m0/s1. The van der Waals surface area contributed by atoms with Crippen LogP contribution in [0, 0.1) is 29.6 Å². The molecular weight excluding hydrogens is 1420 g/mol. The van der Waals surface area contributed by atoms with E-state index in [1.807, 2.05) is 0 Å². The van der Waals surface area contributed by atoms with E-state index in [4.69, 9.17) is 43.3 Å². The van der Waals surface area contributed by atoms with E-state index in [-0.39, 0.29) is 92.6 Å². The van der Waals surface area contributed by atoms with Crippen LogP contribution in [-0.2, 0) is 89.7 Å². The SMILES string of the molecule is CC[C@H](C)[C@@H]1CNC(=O)CNC(=O)[C@H]2CC(=O)[C@H]([C@@H](C)[C@@H](O)CO)NC(=O)[C@@H]3C[C@@H](O)CN3C(=O)[C@H](CC(N)=O)CC(=O)[C@H](CS(=O)c3[nH]c4cc(OS(=O)(=O)Oc5cc(C(=O)CCCOCCOCCOCCN=[N+]=[N-])ccc5O[C@@H]5O[C@H](CO)[C@H](O)[C@H](O)[C@H]5O)ccc4c3C2)NC(=O)CNC1=O. The Morgan fingerprint density at radius 2 is 1.51 bits per heavy atom. The van der Waals surface area contributed by atoms with Crippen LogP contribution in [0.1, 0.15) is 81.6 Å². The molecule has 3 aromatic rings. The van der Waals surface area contributed by atoms with Crippen molar-refractivity contribution in [2.45, 2.75) is 138 Å². The molecule has 40 heteroatoms. The third kappa shape index (κ3) is 22.8. The second kappa shape index (κ2) is 39.1. The molecule has 1 unspecified atom stereocenters. The number of amides is 7. The molecule has 7 rings (SSSR count). The number of H-pyrrole nitrogens is 1. The molecule has 574 valence electrons. The highest BCUT2D eigenvalue weighted by Gasteiger charge is 2.47. The van der Waals surface area contributed by atoms with Gasteiger partial charge in [0.05, 0.1) is 118 Å². The fourth-order valence-corrected chi connectivity index (χ4v) is 14.2. The topological polar surface area (TPSA) is 582 Å². The third-order valence-corrected chi connectivity index (χ3v) is 20.3. The smallest absolute Gasteiger partial charge is 0.458 e. The number of nitrogens with zero attached hydrogens (tertiary/aromatic N) is 4. The maximum Gasteiger partial charge on any atom is 0.501 e. The average Bonchev–Trinajstić information content (AvgIpc) is 1.58. The summed E-state index contributed by atoms with van der Waals surface area (Å²) in [5.74, 6) is -18.6. The van der Waals surface area contributed by atoms with Gasteiger partial charge in [0.1, 0.15) is 41.2 Å². The fraction of sp³-hybridized carbons (Fsp3) is 0.625. The molecular formula is C64H89N11O27S2. The van der Waals surface area contributed by atoms with Gasteiger partial charge in [0.25, 0.3) is 0 Å². The van der Waals surface area contributed by atoms with E-state index >= 15 is 9.00 Å². The predicted octanol–water partition coefficient (Wildman–Crippen LogP) is -3.99. The Kier molecular flexibility index (Phi) is 31.2. The number of aliphatic hydroxyl groups excluding tert-OH is 7. The number of primary amides is 1. The van der Waals surface area contributed by atoms with Gasteiger partial charge in [-0.1, -0.05) is 32.3 Å². The Hall–Kier alpha value is -8.35. The number of carbonyl (C=O) groups is 10. The predicted molar refractivity (Wildman–Crippen MR) is 359 cm³/mol.